The van der Waals surface area contributed by atoms with Crippen molar-refractivity contribution in [3.63, 3.8) is 0 Å². The predicted molar refractivity (Wildman–Crippen MR) is 83.1 cm³/mol. The summed E-state index contributed by atoms with van der Waals surface area (Å²) in [6.07, 6.45) is 0. The highest BCUT2D eigenvalue weighted by Crippen LogP contribution is 2.19. The van der Waals surface area contributed by atoms with Crippen LogP contribution in [0.1, 0.15) is 11.3 Å². The van der Waals surface area contributed by atoms with Gasteiger partial charge in [0.1, 0.15) is 0 Å². The van der Waals surface area contributed by atoms with Gasteiger partial charge in [-0.15, -0.1) is 0 Å². The molecule has 20 heavy (non-hydrogen) atoms. The highest BCUT2D eigenvalue weighted by molar-refractivity contribution is 9.10. The summed E-state index contributed by atoms with van der Waals surface area (Å²) in [7, 11) is 3.13. The Balaban J connectivity index is 2.28. The number of hydrogen-bond donors (Lipinski definition) is 1. The van der Waals surface area contributed by atoms with Crippen LogP contribution in [0.25, 0.3) is 0 Å². The van der Waals surface area contributed by atoms with E-state index in [0.29, 0.717) is 12.2 Å². The number of aromatic nitrogens is 2. The maximum atomic E-state index is 11.8. The second-order valence-corrected chi connectivity index (χ2v) is 5.66. The van der Waals surface area contributed by atoms with E-state index in [9.17, 15) is 9.59 Å². The van der Waals surface area contributed by atoms with Gasteiger partial charge in [-0.3, -0.25) is 13.9 Å². The van der Waals surface area contributed by atoms with Crippen molar-refractivity contribution in [2.75, 3.05) is 5.32 Å². The Morgan fingerprint density at radius 3 is 2.45 bits per heavy atom. The van der Waals surface area contributed by atoms with E-state index in [2.05, 4.69) is 21.2 Å². The number of benzene rings is 1. The van der Waals surface area contributed by atoms with Crippen molar-refractivity contribution in [3.05, 3.63) is 60.8 Å². The van der Waals surface area contributed by atoms with E-state index in [1.165, 1.54) is 17.7 Å². The number of anilines is 1. The van der Waals surface area contributed by atoms with E-state index < -0.39 is 0 Å². The van der Waals surface area contributed by atoms with Gasteiger partial charge in [-0.25, -0.2) is 4.79 Å². The predicted octanol–water partition coefficient (Wildman–Crippen LogP) is 1.77. The summed E-state index contributed by atoms with van der Waals surface area (Å²) in [5.74, 6) is 0. The summed E-state index contributed by atoms with van der Waals surface area (Å²) in [4.78, 5) is 23.5. The van der Waals surface area contributed by atoms with Gasteiger partial charge in [-0.1, -0.05) is 15.9 Å². The molecule has 0 atom stereocenters. The lowest BCUT2D eigenvalue weighted by molar-refractivity contribution is 0.655. The van der Waals surface area contributed by atoms with Crippen LogP contribution < -0.4 is 16.6 Å². The topological polar surface area (TPSA) is 56.0 Å². The van der Waals surface area contributed by atoms with E-state index >= 15 is 0 Å². The Labute approximate surface area is 125 Å². The van der Waals surface area contributed by atoms with Crippen LogP contribution in [-0.2, 0) is 20.6 Å². The lowest BCUT2D eigenvalue weighted by Crippen LogP contribution is -2.38. The zero-order valence-corrected chi connectivity index (χ0v) is 13.2. The first-order chi connectivity index (χ1) is 9.38. The summed E-state index contributed by atoms with van der Waals surface area (Å²) in [5.41, 5.74) is 2.09. The number of nitrogens with zero attached hydrogens (tertiary/aromatic N) is 2. The van der Waals surface area contributed by atoms with Gasteiger partial charge in [0.25, 0.3) is 5.56 Å². The molecular weight excluding hydrogens is 322 g/mol. The fourth-order valence-corrected chi connectivity index (χ4v) is 2.59. The standard InChI is InChI=1S/C14H16BrN3O2/c1-9-4-10(15)6-11(5-9)16-8-12-7-13(19)18(3)14(20)17(12)2/h4-7,16H,8H2,1-3H3. The molecule has 1 N–H and O–H groups in total. The van der Waals surface area contributed by atoms with Gasteiger partial charge in [-0.05, 0) is 30.7 Å². The van der Waals surface area contributed by atoms with E-state index in [1.807, 2.05) is 25.1 Å². The lowest BCUT2D eigenvalue weighted by Gasteiger charge is -2.12. The van der Waals surface area contributed by atoms with Crippen LogP contribution in [-0.4, -0.2) is 9.13 Å². The maximum Gasteiger partial charge on any atom is 0.330 e. The molecule has 0 saturated carbocycles. The number of hydrogen-bond acceptors (Lipinski definition) is 3. The molecule has 0 aliphatic rings. The lowest BCUT2D eigenvalue weighted by atomic mass is 10.2. The van der Waals surface area contributed by atoms with Crippen LogP contribution >= 0.6 is 15.9 Å². The van der Waals surface area contributed by atoms with Crippen molar-refractivity contribution in [2.24, 2.45) is 14.1 Å². The quantitative estimate of drug-likeness (QED) is 0.928. The van der Waals surface area contributed by atoms with E-state index in [-0.39, 0.29) is 11.2 Å². The third-order valence-electron chi connectivity index (χ3n) is 3.14. The average Bonchev–Trinajstić information content (AvgIpc) is 2.38. The molecule has 1 aromatic carbocycles. The van der Waals surface area contributed by atoms with Gasteiger partial charge in [0.05, 0.1) is 6.54 Å². The fourth-order valence-electron chi connectivity index (χ4n) is 1.98. The van der Waals surface area contributed by atoms with Crippen molar-refractivity contribution >= 4 is 21.6 Å². The molecular formula is C14H16BrN3O2. The highest BCUT2D eigenvalue weighted by Gasteiger charge is 2.06. The van der Waals surface area contributed by atoms with Crippen LogP contribution in [0.3, 0.4) is 0 Å². The molecule has 0 bridgehead atoms. The Bertz CT molecular complexity index is 742. The SMILES string of the molecule is Cc1cc(Br)cc(NCc2cc(=O)n(C)c(=O)n2C)c1. The highest BCUT2D eigenvalue weighted by atomic mass is 79.9. The molecule has 0 aliphatic heterocycles. The largest absolute Gasteiger partial charge is 0.379 e. The third-order valence-corrected chi connectivity index (χ3v) is 3.60. The molecule has 0 radical (unpaired) electrons. The molecule has 1 heterocycles. The van der Waals surface area contributed by atoms with Crippen LogP contribution in [0.2, 0.25) is 0 Å². The summed E-state index contributed by atoms with van der Waals surface area (Å²) in [5, 5.41) is 3.22. The zero-order valence-electron chi connectivity index (χ0n) is 11.6. The Kier molecular flexibility index (Phi) is 4.13. The molecule has 0 spiro atoms. The average molecular weight is 338 g/mol. The first-order valence-electron chi connectivity index (χ1n) is 6.15. The minimum atomic E-state index is -0.320. The van der Waals surface area contributed by atoms with Crippen LogP contribution in [0.4, 0.5) is 5.69 Å². The molecule has 1 aromatic heterocycles. The summed E-state index contributed by atoms with van der Waals surface area (Å²) >= 11 is 3.44. The van der Waals surface area contributed by atoms with Crippen molar-refractivity contribution in [3.8, 4) is 0 Å². The van der Waals surface area contributed by atoms with Gasteiger partial charge in [0, 0.05) is 36.0 Å². The van der Waals surface area contributed by atoms with Gasteiger partial charge >= 0.3 is 5.69 Å². The minimum absolute atomic E-state index is 0.296. The fraction of sp³-hybridized carbons (Fsp3) is 0.286. The van der Waals surface area contributed by atoms with Gasteiger partial charge in [0.15, 0.2) is 0 Å². The number of rotatable bonds is 3. The molecule has 0 amide bonds. The number of halogens is 1. The molecule has 5 nitrogen and oxygen atoms in total. The monoisotopic (exact) mass is 337 g/mol. The molecule has 2 rings (SSSR count). The van der Waals surface area contributed by atoms with Crippen LogP contribution in [0.15, 0.2) is 38.3 Å². The third kappa shape index (κ3) is 3.01. The van der Waals surface area contributed by atoms with Crippen molar-refractivity contribution < 1.29 is 0 Å². The Morgan fingerprint density at radius 2 is 1.80 bits per heavy atom. The van der Waals surface area contributed by atoms with Gasteiger partial charge < -0.3 is 5.32 Å². The van der Waals surface area contributed by atoms with E-state index in [0.717, 1.165) is 20.3 Å². The van der Waals surface area contributed by atoms with Crippen molar-refractivity contribution in [1.29, 1.82) is 0 Å². The molecule has 2 aromatic rings. The van der Waals surface area contributed by atoms with Crippen molar-refractivity contribution in [1.82, 2.24) is 9.13 Å². The molecule has 0 unspecified atom stereocenters. The summed E-state index contributed by atoms with van der Waals surface area (Å²) in [6, 6.07) is 7.44. The maximum absolute atomic E-state index is 11.8. The number of nitrogens with one attached hydrogen (secondary N) is 1. The van der Waals surface area contributed by atoms with Crippen LogP contribution in [0.5, 0.6) is 0 Å². The smallest absolute Gasteiger partial charge is 0.330 e. The molecule has 6 heteroatoms. The Hall–Kier alpha value is -1.82. The van der Waals surface area contributed by atoms with Crippen molar-refractivity contribution in [2.45, 2.75) is 13.5 Å². The minimum Gasteiger partial charge on any atom is -0.379 e. The van der Waals surface area contributed by atoms with E-state index in [4.69, 9.17) is 0 Å². The molecule has 0 fully saturated rings. The number of aryl methyl sites for hydroxylation is 1. The summed E-state index contributed by atoms with van der Waals surface area (Å²) in [6.45, 7) is 2.42. The van der Waals surface area contributed by atoms with Gasteiger partial charge in [0.2, 0.25) is 0 Å². The Morgan fingerprint density at radius 1 is 1.10 bits per heavy atom. The van der Waals surface area contributed by atoms with E-state index in [1.54, 1.807) is 7.05 Å². The zero-order chi connectivity index (χ0) is 14.9. The molecule has 106 valence electrons. The van der Waals surface area contributed by atoms with Gasteiger partial charge in [-0.2, -0.15) is 0 Å². The first-order valence-corrected chi connectivity index (χ1v) is 6.95. The second kappa shape index (κ2) is 5.66. The molecule has 0 aliphatic carbocycles. The summed E-state index contributed by atoms with van der Waals surface area (Å²) < 4.78 is 3.55. The second-order valence-electron chi connectivity index (χ2n) is 4.75. The normalized spacial score (nSPS) is 10.6. The first kappa shape index (κ1) is 14.6. The van der Waals surface area contributed by atoms with Crippen LogP contribution in [0, 0.1) is 6.92 Å². The molecule has 0 saturated heterocycles.